The lowest BCUT2D eigenvalue weighted by atomic mass is 10.2. The molecule has 3 rings (SSSR count). The fourth-order valence-corrected chi connectivity index (χ4v) is 2.46. The van der Waals surface area contributed by atoms with Crippen molar-refractivity contribution in [2.45, 2.75) is 6.92 Å². The summed E-state index contributed by atoms with van der Waals surface area (Å²) < 4.78 is 0. The molecule has 1 aromatic heterocycles. The molecule has 0 saturated carbocycles. The van der Waals surface area contributed by atoms with E-state index in [1.54, 1.807) is 30.1 Å². The Hall–Kier alpha value is -2.92. The molecule has 2 aromatic carbocycles. The van der Waals surface area contributed by atoms with E-state index in [1.807, 2.05) is 49.4 Å². The van der Waals surface area contributed by atoms with Gasteiger partial charge in [0.25, 0.3) is 5.91 Å². The molecule has 0 aliphatic carbocycles. The number of carbonyl (C=O) groups is 1. The normalized spacial score (nSPS) is 10.4. The van der Waals surface area contributed by atoms with Crippen LogP contribution < -0.4 is 10.2 Å². The van der Waals surface area contributed by atoms with Crippen molar-refractivity contribution >= 4 is 34.8 Å². The highest BCUT2D eigenvalue weighted by Gasteiger charge is 2.16. The molecule has 1 amide bonds. The van der Waals surface area contributed by atoms with Gasteiger partial charge in [0.2, 0.25) is 5.95 Å². The topological polar surface area (TPSA) is 58.1 Å². The minimum atomic E-state index is -0.198. The van der Waals surface area contributed by atoms with Gasteiger partial charge in [-0.15, -0.1) is 0 Å². The molecule has 1 heterocycles. The van der Waals surface area contributed by atoms with Gasteiger partial charge in [0.1, 0.15) is 5.69 Å². The van der Waals surface area contributed by atoms with Crippen molar-refractivity contribution in [3.05, 3.63) is 77.1 Å². The molecule has 25 heavy (non-hydrogen) atoms. The van der Waals surface area contributed by atoms with Crippen LogP contribution in [0.4, 0.5) is 17.3 Å². The summed E-state index contributed by atoms with van der Waals surface area (Å²) in [5, 5.41) is 3.74. The van der Waals surface area contributed by atoms with Crippen LogP contribution in [0, 0.1) is 6.92 Å². The van der Waals surface area contributed by atoms with Gasteiger partial charge in [0.05, 0.1) is 0 Å². The Morgan fingerprint density at radius 2 is 1.72 bits per heavy atom. The standard InChI is InChI=1S/C19H17ClN4O/c1-13-12-17(18(25)24(2)16-6-4-3-5-7-16)23-19(21-13)22-15-10-8-14(20)9-11-15/h3-12H,1-2H3,(H,21,22,23). The van der Waals surface area contributed by atoms with E-state index in [2.05, 4.69) is 15.3 Å². The average molecular weight is 353 g/mol. The molecule has 5 nitrogen and oxygen atoms in total. The Morgan fingerprint density at radius 3 is 2.40 bits per heavy atom. The zero-order valence-corrected chi connectivity index (χ0v) is 14.7. The van der Waals surface area contributed by atoms with Crippen LogP contribution in [-0.4, -0.2) is 22.9 Å². The second kappa shape index (κ2) is 7.32. The van der Waals surface area contributed by atoms with E-state index in [9.17, 15) is 4.79 Å². The Labute approximate surface area is 151 Å². The number of amides is 1. The number of nitrogens with zero attached hydrogens (tertiary/aromatic N) is 3. The van der Waals surface area contributed by atoms with Gasteiger partial charge >= 0.3 is 0 Å². The average Bonchev–Trinajstić information content (AvgIpc) is 2.62. The van der Waals surface area contributed by atoms with Gasteiger partial charge < -0.3 is 10.2 Å². The summed E-state index contributed by atoms with van der Waals surface area (Å²) in [5.41, 5.74) is 2.63. The highest BCUT2D eigenvalue weighted by atomic mass is 35.5. The lowest BCUT2D eigenvalue weighted by Gasteiger charge is -2.17. The van der Waals surface area contributed by atoms with Crippen molar-refractivity contribution in [1.29, 1.82) is 0 Å². The van der Waals surface area contributed by atoms with Crippen molar-refractivity contribution in [1.82, 2.24) is 9.97 Å². The van der Waals surface area contributed by atoms with Crippen molar-refractivity contribution in [2.24, 2.45) is 0 Å². The number of rotatable bonds is 4. The number of hydrogen-bond donors (Lipinski definition) is 1. The van der Waals surface area contributed by atoms with E-state index in [4.69, 9.17) is 11.6 Å². The second-order valence-corrected chi connectivity index (χ2v) is 5.99. The zero-order chi connectivity index (χ0) is 17.8. The molecular weight excluding hydrogens is 336 g/mol. The van der Waals surface area contributed by atoms with Crippen LogP contribution in [-0.2, 0) is 0 Å². The van der Waals surface area contributed by atoms with Crippen LogP contribution in [0.3, 0.4) is 0 Å². The Kier molecular flexibility index (Phi) is 4.95. The van der Waals surface area contributed by atoms with Crippen LogP contribution in [0.15, 0.2) is 60.7 Å². The predicted octanol–water partition coefficient (Wildman–Crippen LogP) is 4.46. The molecule has 3 aromatic rings. The molecule has 126 valence electrons. The smallest absolute Gasteiger partial charge is 0.276 e. The van der Waals surface area contributed by atoms with Crippen LogP contribution in [0.5, 0.6) is 0 Å². The van der Waals surface area contributed by atoms with E-state index >= 15 is 0 Å². The monoisotopic (exact) mass is 352 g/mol. The lowest BCUT2D eigenvalue weighted by molar-refractivity contribution is 0.0988. The molecule has 0 spiro atoms. The van der Waals surface area contributed by atoms with E-state index in [1.165, 1.54) is 0 Å². The number of carbonyl (C=O) groups excluding carboxylic acids is 1. The van der Waals surface area contributed by atoms with E-state index in [0.29, 0.717) is 22.4 Å². The van der Waals surface area contributed by atoms with E-state index in [0.717, 1.165) is 11.4 Å². The lowest BCUT2D eigenvalue weighted by Crippen LogP contribution is -2.27. The van der Waals surface area contributed by atoms with Crippen LogP contribution >= 0.6 is 11.6 Å². The summed E-state index contributed by atoms with van der Waals surface area (Å²) in [6, 6.07) is 18.3. The minimum absolute atomic E-state index is 0.198. The summed E-state index contributed by atoms with van der Waals surface area (Å²) in [6.07, 6.45) is 0. The van der Waals surface area contributed by atoms with Gasteiger partial charge in [-0.3, -0.25) is 4.79 Å². The molecular formula is C19H17ClN4O. The highest BCUT2D eigenvalue weighted by Crippen LogP contribution is 2.19. The second-order valence-electron chi connectivity index (χ2n) is 5.55. The SMILES string of the molecule is Cc1cc(C(=O)N(C)c2ccccc2)nc(Nc2ccc(Cl)cc2)n1. The van der Waals surface area contributed by atoms with Gasteiger partial charge in [0, 0.05) is 29.1 Å². The summed E-state index contributed by atoms with van der Waals surface area (Å²) in [6.45, 7) is 1.83. The summed E-state index contributed by atoms with van der Waals surface area (Å²) >= 11 is 5.89. The van der Waals surface area contributed by atoms with Gasteiger partial charge in [-0.1, -0.05) is 29.8 Å². The van der Waals surface area contributed by atoms with Crippen molar-refractivity contribution in [3.8, 4) is 0 Å². The summed E-state index contributed by atoms with van der Waals surface area (Å²) in [7, 11) is 1.72. The first-order valence-electron chi connectivity index (χ1n) is 7.74. The fraction of sp³-hybridized carbons (Fsp3) is 0.105. The van der Waals surface area contributed by atoms with Crippen LogP contribution in [0.25, 0.3) is 0 Å². The quantitative estimate of drug-likeness (QED) is 0.753. The van der Waals surface area contributed by atoms with Crippen molar-refractivity contribution in [2.75, 3.05) is 17.3 Å². The molecule has 0 fully saturated rings. The van der Waals surface area contributed by atoms with Crippen molar-refractivity contribution in [3.63, 3.8) is 0 Å². The Bertz CT molecular complexity index is 882. The molecule has 0 aliphatic rings. The van der Waals surface area contributed by atoms with Gasteiger partial charge in [-0.2, -0.15) is 0 Å². The maximum atomic E-state index is 12.7. The third-order valence-corrected chi connectivity index (χ3v) is 3.87. The number of benzene rings is 2. The fourth-order valence-electron chi connectivity index (χ4n) is 2.34. The number of para-hydroxylation sites is 1. The zero-order valence-electron chi connectivity index (χ0n) is 13.9. The molecule has 1 N–H and O–H groups in total. The van der Waals surface area contributed by atoms with E-state index < -0.39 is 0 Å². The van der Waals surface area contributed by atoms with Gasteiger partial charge in [-0.25, -0.2) is 9.97 Å². The molecule has 0 unspecified atom stereocenters. The first-order valence-corrected chi connectivity index (χ1v) is 8.12. The van der Waals surface area contributed by atoms with Crippen molar-refractivity contribution < 1.29 is 4.79 Å². The molecule has 0 atom stereocenters. The molecule has 0 radical (unpaired) electrons. The maximum absolute atomic E-state index is 12.7. The number of halogens is 1. The maximum Gasteiger partial charge on any atom is 0.276 e. The Balaban J connectivity index is 1.86. The first kappa shape index (κ1) is 16.9. The third kappa shape index (κ3) is 4.14. The summed E-state index contributed by atoms with van der Waals surface area (Å²) in [5.74, 6) is 0.169. The number of aromatic nitrogens is 2. The predicted molar refractivity (Wildman–Crippen MR) is 101 cm³/mol. The number of aryl methyl sites for hydroxylation is 1. The van der Waals surface area contributed by atoms with Crippen LogP contribution in [0.2, 0.25) is 5.02 Å². The van der Waals surface area contributed by atoms with E-state index in [-0.39, 0.29) is 5.91 Å². The van der Waals surface area contributed by atoms with Crippen LogP contribution in [0.1, 0.15) is 16.2 Å². The first-order chi connectivity index (χ1) is 12.0. The number of nitrogens with one attached hydrogen (secondary N) is 1. The molecule has 0 bridgehead atoms. The molecule has 0 saturated heterocycles. The third-order valence-electron chi connectivity index (χ3n) is 3.62. The van der Waals surface area contributed by atoms with Gasteiger partial charge in [-0.05, 0) is 49.4 Å². The van der Waals surface area contributed by atoms with Gasteiger partial charge in [0.15, 0.2) is 0 Å². The molecule has 0 aliphatic heterocycles. The number of anilines is 3. The Morgan fingerprint density at radius 1 is 1.04 bits per heavy atom. The number of hydrogen-bond acceptors (Lipinski definition) is 4. The highest BCUT2D eigenvalue weighted by molar-refractivity contribution is 6.30. The largest absolute Gasteiger partial charge is 0.324 e. The summed E-state index contributed by atoms with van der Waals surface area (Å²) in [4.78, 5) is 23.0. The molecule has 6 heteroatoms. The minimum Gasteiger partial charge on any atom is -0.324 e.